The van der Waals surface area contributed by atoms with Gasteiger partial charge in [-0.3, -0.25) is 4.55 Å². The molecule has 1 atom stereocenters. The lowest BCUT2D eigenvalue weighted by atomic mass is 10.2. The first-order valence-corrected chi connectivity index (χ1v) is 6.13. The van der Waals surface area contributed by atoms with Gasteiger partial charge in [0.25, 0.3) is 10.1 Å². The smallest absolute Gasteiger partial charge is 0.298 e. The fourth-order valence-corrected chi connectivity index (χ4v) is 1.87. The Bertz CT molecular complexity index is 667. The van der Waals surface area contributed by atoms with Crippen molar-refractivity contribution in [2.24, 2.45) is 0 Å². The summed E-state index contributed by atoms with van der Waals surface area (Å²) in [4.78, 5) is 3.80. The Morgan fingerprint density at radius 3 is 2.53 bits per heavy atom. The number of nitrogens with zero attached hydrogens (tertiary/aromatic N) is 1. The predicted octanol–water partition coefficient (Wildman–Crippen LogP) is 0.819. The highest BCUT2D eigenvalue weighted by Gasteiger charge is 2.23. The van der Waals surface area contributed by atoms with E-state index in [1.165, 1.54) is 18.2 Å². The average Bonchev–Trinajstić information content (AvgIpc) is 2.27. The van der Waals surface area contributed by atoms with E-state index in [-0.39, 0.29) is 17.0 Å². The minimum absolute atomic E-state index is 0.133. The quantitative estimate of drug-likeness (QED) is 0.686. The first-order chi connectivity index (χ1) is 7.89. The molecule has 2 aromatic rings. The molecule has 1 aromatic heterocycles. The van der Waals surface area contributed by atoms with Crippen molar-refractivity contribution in [3.8, 4) is 5.75 Å². The molecular formula is C10H9NO5S. The van der Waals surface area contributed by atoms with Crippen LogP contribution in [0.5, 0.6) is 5.75 Å². The maximum atomic E-state index is 10.8. The summed E-state index contributed by atoms with van der Waals surface area (Å²) in [5, 5.41) is 19.4. The maximum Gasteiger partial charge on any atom is 0.298 e. The lowest BCUT2D eigenvalue weighted by Gasteiger charge is -2.08. The predicted molar refractivity (Wildman–Crippen MR) is 59.9 cm³/mol. The molecule has 0 amide bonds. The van der Waals surface area contributed by atoms with Crippen LogP contribution in [0.3, 0.4) is 0 Å². The van der Waals surface area contributed by atoms with Crippen LogP contribution in [-0.2, 0) is 10.1 Å². The summed E-state index contributed by atoms with van der Waals surface area (Å²) >= 11 is 0. The van der Waals surface area contributed by atoms with E-state index in [0.29, 0.717) is 5.39 Å². The Hall–Kier alpha value is -1.70. The summed E-state index contributed by atoms with van der Waals surface area (Å²) in [6.45, 7) is 0. The van der Waals surface area contributed by atoms with Crippen LogP contribution in [0.1, 0.15) is 11.1 Å². The number of aromatic nitrogens is 1. The van der Waals surface area contributed by atoms with Crippen molar-refractivity contribution in [3.05, 3.63) is 36.0 Å². The molecular weight excluding hydrogens is 246 g/mol. The number of aliphatic hydroxyl groups is 1. The van der Waals surface area contributed by atoms with Crippen molar-refractivity contribution < 1.29 is 23.2 Å². The molecule has 0 aliphatic carbocycles. The molecule has 0 radical (unpaired) electrons. The molecule has 0 aliphatic heterocycles. The van der Waals surface area contributed by atoms with Gasteiger partial charge in [-0.2, -0.15) is 8.42 Å². The zero-order valence-electron chi connectivity index (χ0n) is 8.48. The van der Waals surface area contributed by atoms with Gasteiger partial charge in [-0.15, -0.1) is 0 Å². The van der Waals surface area contributed by atoms with Gasteiger partial charge in [-0.05, 0) is 12.1 Å². The maximum absolute atomic E-state index is 10.8. The summed E-state index contributed by atoms with van der Waals surface area (Å²) < 4.78 is 30.2. The summed E-state index contributed by atoms with van der Waals surface area (Å²) in [5.74, 6) is -0.133. The molecule has 1 aromatic carbocycles. The van der Waals surface area contributed by atoms with Crippen LogP contribution in [0.25, 0.3) is 10.9 Å². The SMILES string of the molecule is O=S(=O)(O)[C@H](O)c1ccc2cccc(O)c2n1. The van der Waals surface area contributed by atoms with Crippen LogP contribution >= 0.6 is 0 Å². The topological polar surface area (TPSA) is 108 Å². The highest BCUT2D eigenvalue weighted by molar-refractivity contribution is 7.85. The largest absolute Gasteiger partial charge is 0.506 e. The van der Waals surface area contributed by atoms with Crippen molar-refractivity contribution in [1.82, 2.24) is 4.98 Å². The molecule has 1 heterocycles. The Balaban J connectivity index is 2.63. The third-order valence-corrected chi connectivity index (χ3v) is 3.06. The minimum atomic E-state index is -4.63. The fraction of sp³-hybridized carbons (Fsp3) is 0.100. The summed E-state index contributed by atoms with van der Waals surface area (Å²) in [6.07, 6.45) is 0. The second-order valence-electron chi connectivity index (χ2n) is 3.45. The molecule has 0 aliphatic rings. The first-order valence-electron chi connectivity index (χ1n) is 4.62. The van der Waals surface area contributed by atoms with E-state index in [9.17, 15) is 18.6 Å². The molecule has 0 bridgehead atoms. The monoisotopic (exact) mass is 255 g/mol. The Morgan fingerprint density at radius 2 is 1.88 bits per heavy atom. The average molecular weight is 255 g/mol. The number of benzene rings is 1. The van der Waals surface area contributed by atoms with E-state index in [1.807, 2.05) is 0 Å². The normalized spacial score (nSPS) is 13.8. The van der Waals surface area contributed by atoms with E-state index >= 15 is 0 Å². The molecule has 0 spiro atoms. The van der Waals surface area contributed by atoms with E-state index in [0.717, 1.165) is 0 Å². The first kappa shape index (κ1) is 11.8. The van der Waals surface area contributed by atoms with Gasteiger partial charge in [0.1, 0.15) is 11.3 Å². The van der Waals surface area contributed by atoms with Crippen molar-refractivity contribution in [2.75, 3.05) is 0 Å². The number of pyridine rings is 1. The molecule has 0 fully saturated rings. The third kappa shape index (κ3) is 2.21. The van der Waals surface area contributed by atoms with Gasteiger partial charge >= 0.3 is 0 Å². The fourth-order valence-electron chi connectivity index (χ4n) is 1.44. The zero-order valence-corrected chi connectivity index (χ0v) is 9.29. The number of hydrogen-bond acceptors (Lipinski definition) is 5. The highest BCUT2D eigenvalue weighted by atomic mass is 32.2. The molecule has 7 heteroatoms. The number of fused-ring (bicyclic) bond motifs is 1. The highest BCUT2D eigenvalue weighted by Crippen LogP contribution is 2.25. The number of hydrogen-bond donors (Lipinski definition) is 3. The lowest BCUT2D eigenvalue weighted by Crippen LogP contribution is -2.12. The Labute approximate surface area is 96.9 Å². The van der Waals surface area contributed by atoms with Crippen molar-refractivity contribution in [2.45, 2.75) is 5.44 Å². The van der Waals surface area contributed by atoms with Crippen molar-refractivity contribution in [1.29, 1.82) is 0 Å². The number of para-hydroxylation sites is 1. The van der Waals surface area contributed by atoms with Crippen LogP contribution in [0, 0.1) is 0 Å². The third-order valence-electron chi connectivity index (χ3n) is 2.26. The second kappa shape index (κ2) is 3.95. The molecule has 2 rings (SSSR count). The van der Waals surface area contributed by atoms with E-state index in [4.69, 9.17) is 4.55 Å². The van der Waals surface area contributed by atoms with Crippen molar-refractivity contribution in [3.63, 3.8) is 0 Å². The Kier molecular flexibility index (Phi) is 2.74. The number of phenols is 1. The number of phenolic OH excluding ortho intramolecular Hbond substituents is 1. The number of aromatic hydroxyl groups is 1. The van der Waals surface area contributed by atoms with E-state index in [1.54, 1.807) is 12.1 Å². The van der Waals surface area contributed by atoms with Crippen LogP contribution in [-0.4, -0.2) is 28.2 Å². The number of aliphatic hydroxyl groups excluding tert-OH is 1. The number of rotatable bonds is 2. The summed E-state index contributed by atoms with van der Waals surface area (Å²) in [7, 11) is -4.63. The van der Waals surface area contributed by atoms with Crippen molar-refractivity contribution >= 4 is 21.0 Å². The van der Waals surface area contributed by atoms with E-state index in [2.05, 4.69) is 4.98 Å². The van der Waals surface area contributed by atoms with Gasteiger partial charge in [-0.1, -0.05) is 18.2 Å². The molecule has 0 unspecified atom stereocenters. The van der Waals surface area contributed by atoms with Gasteiger partial charge < -0.3 is 10.2 Å². The Morgan fingerprint density at radius 1 is 1.18 bits per heavy atom. The van der Waals surface area contributed by atoms with Crippen LogP contribution in [0.2, 0.25) is 0 Å². The molecule has 90 valence electrons. The summed E-state index contributed by atoms with van der Waals surface area (Å²) in [5.41, 5.74) is -2.21. The molecule has 0 saturated heterocycles. The van der Waals surface area contributed by atoms with Crippen LogP contribution < -0.4 is 0 Å². The standard InChI is InChI=1S/C10H9NO5S/c12-8-3-1-2-6-4-5-7(11-9(6)8)10(13)17(14,15)16/h1-5,10,12-13H,(H,14,15,16)/t10-/m0/s1. The molecule has 3 N–H and O–H groups in total. The van der Waals surface area contributed by atoms with Crippen LogP contribution in [0.15, 0.2) is 30.3 Å². The van der Waals surface area contributed by atoms with Crippen LogP contribution in [0.4, 0.5) is 0 Å². The van der Waals surface area contributed by atoms with Gasteiger partial charge in [0.05, 0.1) is 5.69 Å². The molecule has 0 saturated carbocycles. The minimum Gasteiger partial charge on any atom is -0.506 e. The molecule has 6 nitrogen and oxygen atoms in total. The van der Waals surface area contributed by atoms with E-state index < -0.39 is 15.6 Å². The summed E-state index contributed by atoms with van der Waals surface area (Å²) in [6, 6.07) is 7.43. The zero-order chi connectivity index (χ0) is 12.6. The second-order valence-corrected chi connectivity index (χ2v) is 4.93. The van der Waals surface area contributed by atoms with Gasteiger partial charge in [0.15, 0.2) is 0 Å². The van der Waals surface area contributed by atoms with Gasteiger partial charge in [0.2, 0.25) is 5.44 Å². The van der Waals surface area contributed by atoms with Gasteiger partial charge in [0, 0.05) is 5.39 Å². The van der Waals surface area contributed by atoms with Gasteiger partial charge in [-0.25, -0.2) is 4.98 Å². The lowest BCUT2D eigenvalue weighted by molar-refractivity contribution is 0.234. The molecule has 17 heavy (non-hydrogen) atoms.